The Labute approximate surface area is 100 Å². The lowest BCUT2D eigenvalue weighted by Gasteiger charge is -2.03. The first-order valence-electron chi connectivity index (χ1n) is 5.17. The van der Waals surface area contributed by atoms with E-state index in [1.165, 1.54) is 6.07 Å². The standard InChI is InChI=1S/C13H9NO2S/c1-17-12-6-8(15)2-4-10(12)14-11-5-3-9(16)7-13(11)17/h2-7H,1H3/p+1. The summed E-state index contributed by atoms with van der Waals surface area (Å²) in [7, 11) is -0.214. The number of phenols is 1. The average molecular weight is 244 g/mol. The minimum atomic E-state index is -0.214. The Morgan fingerprint density at radius 2 is 2.00 bits per heavy atom. The molecule has 3 nitrogen and oxygen atoms in total. The van der Waals surface area contributed by atoms with Gasteiger partial charge in [-0.15, -0.1) is 0 Å². The summed E-state index contributed by atoms with van der Waals surface area (Å²) < 4.78 is 0.989. The summed E-state index contributed by atoms with van der Waals surface area (Å²) in [6.07, 6.45) is 2.05. The zero-order chi connectivity index (χ0) is 12.0. The molecule has 3 rings (SSSR count). The van der Waals surface area contributed by atoms with Crippen molar-refractivity contribution in [2.45, 2.75) is 0 Å². The zero-order valence-corrected chi connectivity index (χ0v) is 9.99. The molecule has 0 saturated carbocycles. The van der Waals surface area contributed by atoms with Crippen LogP contribution in [0.15, 0.2) is 41.2 Å². The SMILES string of the molecule is C[s+]1c2cc(=O)ccc-2nc2ccc(O)cc21. The second kappa shape index (κ2) is 3.53. The van der Waals surface area contributed by atoms with E-state index in [9.17, 15) is 9.90 Å². The second-order valence-electron chi connectivity index (χ2n) is 3.90. The number of aromatic hydroxyl groups is 1. The molecule has 0 spiro atoms. The predicted octanol–water partition coefficient (Wildman–Crippen LogP) is 2.69. The largest absolute Gasteiger partial charge is 0.508 e. The Bertz CT molecular complexity index is 748. The van der Waals surface area contributed by atoms with Gasteiger partial charge < -0.3 is 5.11 Å². The summed E-state index contributed by atoms with van der Waals surface area (Å²) in [5.74, 6) is 0.236. The molecule has 0 amide bonds. The molecule has 1 N–H and O–H groups in total. The van der Waals surface area contributed by atoms with Crippen molar-refractivity contribution in [1.29, 1.82) is 0 Å². The molecule has 0 bridgehead atoms. The third-order valence-corrected chi connectivity index (χ3v) is 4.75. The van der Waals surface area contributed by atoms with Gasteiger partial charge in [0.15, 0.2) is 5.43 Å². The van der Waals surface area contributed by atoms with Crippen LogP contribution in [0.1, 0.15) is 0 Å². The first kappa shape index (κ1) is 10.2. The minimum Gasteiger partial charge on any atom is -0.508 e. The Morgan fingerprint density at radius 3 is 2.82 bits per heavy atom. The zero-order valence-electron chi connectivity index (χ0n) is 9.18. The van der Waals surface area contributed by atoms with E-state index in [1.807, 2.05) is 12.3 Å². The summed E-state index contributed by atoms with van der Waals surface area (Å²) in [6, 6.07) is 10.1. The van der Waals surface area contributed by atoms with Crippen LogP contribution >= 0.6 is 10.5 Å². The van der Waals surface area contributed by atoms with Gasteiger partial charge in [-0.3, -0.25) is 4.79 Å². The van der Waals surface area contributed by atoms with Crippen molar-refractivity contribution < 1.29 is 5.11 Å². The highest BCUT2D eigenvalue weighted by Gasteiger charge is 2.19. The van der Waals surface area contributed by atoms with E-state index < -0.39 is 0 Å². The smallest absolute Gasteiger partial charge is 0.203 e. The first-order chi connectivity index (χ1) is 8.15. The minimum absolute atomic E-state index is 0.00176. The number of hydrogen-bond donors (Lipinski definition) is 1. The molecule has 2 aliphatic rings. The summed E-state index contributed by atoms with van der Waals surface area (Å²) >= 11 is 0. The Morgan fingerprint density at radius 1 is 1.18 bits per heavy atom. The number of benzene rings is 2. The van der Waals surface area contributed by atoms with Gasteiger partial charge in [0.1, 0.15) is 23.2 Å². The molecule has 1 aromatic carbocycles. The summed E-state index contributed by atoms with van der Waals surface area (Å²) in [5, 5.41) is 9.51. The lowest BCUT2D eigenvalue weighted by Crippen LogP contribution is -1.99. The van der Waals surface area contributed by atoms with Crippen LogP contribution in [0.25, 0.3) is 20.8 Å². The van der Waals surface area contributed by atoms with Crippen LogP contribution in [-0.4, -0.2) is 10.1 Å². The summed E-state index contributed by atoms with van der Waals surface area (Å²) in [4.78, 5) is 16.8. The second-order valence-corrected chi connectivity index (χ2v) is 5.80. The summed E-state index contributed by atoms with van der Waals surface area (Å²) in [5.41, 5.74) is 1.73. The maximum Gasteiger partial charge on any atom is 0.203 e. The van der Waals surface area contributed by atoms with Crippen LogP contribution in [0.5, 0.6) is 5.75 Å². The molecule has 1 unspecified atom stereocenters. The van der Waals surface area contributed by atoms with Crippen LogP contribution in [0.2, 0.25) is 0 Å². The third kappa shape index (κ3) is 1.57. The molecule has 4 heteroatoms. The lowest BCUT2D eigenvalue weighted by molar-refractivity contribution is 0.476. The molecule has 0 fully saturated rings. The number of aromatic nitrogens is 1. The van der Waals surface area contributed by atoms with Crippen LogP contribution in [0.4, 0.5) is 0 Å². The summed E-state index contributed by atoms with van der Waals surface area (Å²) in [6.45, 7) is 0. The van der Waals surface area contributed by atoms with E-state index in [4.69, 9.17) is 0 Å². The fourth-order valence-electron chi connectivity index (χ4n) is 1.92. The van der Waals surface area contributed by atoms with Crippen molar-refractivity contribution in [1.82, 2.24) is 4.98 Å². The van der Waals surface area contributed by atoms with E-state index >= 15 is 0 Å². The van der Waals surface area contributed by atoms with Gasteiger partial charge in [0.05, 0.1) is 0 Å². The highest BCUT2D eigenvalue weighted by molar-refractivity contribution is 7.38. The Kier molecular flexibility index (Phi) is 2.12. The number of fused-ring (bicyclic) bond motifs is 2. The molecule has 0 radical (unpaired) electrons. The van der Waals surface area contributed by atoms with Crippen LogP contribution in [0, 0.1) is 0 Å². The fourth-order valence-corrected chi connectivity index (χ4v) is 3.60. The molecule has 1 atom stereocenters. The van der Waals surface area contributed by atoms with Gasteiger partial charge >= 0.3 is 0 Å². The molecule has 1 aromatic rings. The first-order valence-corrected chi connectivity index (χ1v) is 6.80. The lowest BCUT2D eigenvalue weighted by atomic mass is 10.2. The molecule has 0 aromatic heterocycles. The van der Waals surface area contributed by atoms with Crippen molar-refractivity contribution in [3.05, 3.63) is 46.6 Å². The van der Waals surface area contributed by atoms with Gasteiger partial charge in [0.25, 0.3) is 0 Å². The molecule has 17 heavy (non-hydrogen) atoms. The maximum absolute atomic E-state index is 11.4. The van der Waals surface area contributed by atoms with Gasteiger partial charge in [-0.2, -0.15) is 0 Å². The maximum atomic E-state index is 11.4. The predicted molar refractivity (Wildman–Crippen MR) is 69.8 cm³/mol. The van der Waals surface area contributed by atoms with Crippen molar-refractivity contribution in [2.75, 3.05) is 0 Å². The van der Waals surface area contributed by atoms with E-state index in [0.29, 0.717) is 0 Å². The molecule has 0 saturated heterocycles. The van der Waals surface area contributed by atoms with Gasteiger partial charge in [-0.25, -0.2) is 4.98 Å². The van der Waals surface area contributed by atoms with Crippen LogP contribution < -0.4 is 5.43 Å². The third-order valence-electron chi connectivity index (χ3n) is 2.78. The highest BCUT2D eigenvalue weighted by atomic mass is 32.2. The van der Waals surface area contributed by atoms with E-state index in [2.05, 4.69) is 4.98 Å². The average Bonchev–Trinajstić information content (AvgIpc) is 2.32. The number of aryl methyl sites for hydroxylation is 1. The van der Waals surface area contributed by atoms with Crippen molar-refractivity contribution in [2.24, 2.45) is 6.26 Å². The Balaban J connectivity index is 2.54. The highest BCUT2D eigenvalue weighted by Crippen LogP contribution is 2.38. The molecule has 1 aliphatic heterocycles. The fraction of sp³-hybridized carbons (Fsp3) is 0.0769. The van der Waals surface area contributed by atoms with Crippen molar-refractivity contribution >= 4 is 20.7 Å². The van der Waals surface area contributed by atoms with Crippen LogP contribution in [0.3, 0.4) is 0 Å². The normalized spacial score (nSPS) is 12.2. The topological polar surface area (TPSA) is 50.2 Å². The Hall–Kier alpha value is -1.94. The molecular weight excluding hydrogens is 234 g/mol. The van der Waals surface area contributed by atoms with Gasteiger partial charge in [-0.1, -0.05) is 0 Å². The van der Waals surface area contributed by atoms with Gasteiger partial charge in [0, 0.05) is 12.1 Å². The van der Waals surface area contributed by atoms with E-state index in [-0.39, 0.29) is 21.6 Å². The van der Waals surface area contributed by atoms with Crippen molar-refractivity contribution in [3.63, 3.8) is 0 Å². The number of hydrogen-bond acceptors (Lipinski definition) is 3. The van der Waals surface area contributed by atoms with Crippen LogP contribution in [-0.2, 0) is 6.26 Å². The monoisotopic (exact) mass is 244 g/mol. The van der Waals surface area contributed by atoms with Crippen molar-refractivity contribution in [3.8, 4) is 16.3 Å². The quantitative estimate of drug-likeness (QED) is 0.488. The number of rotatable bonds is 0. The van der Waals surface area contributed by atoms with Gasteiger partial charge in [0.2, 0.25) is 9.58 Å². The number of phenolic OH excluding ortho intramolecular Hbond substituents is 1. The van der Waals surface area contributed by atoms with E-state index in [0.717, 1.165) is 20.8 Å². The number of nitrogens with zero attached hydrogens (tertiary/aromatic N) is 1. The van der Waals surface area contributed by atoms with E-state index in [1.54, 1.807) is 24.3 Å². The van der Waals surface area contributed by atoms with Gasteiger partial charge in [-0.05, 0) is 34.7 Å². The molecule has 84 valence electrons. The molecular formula is C13H10NO2S+. The molecule has 1 heterocycles. The molecule has 1 aliphatic carbocycles.